The Balaban J connectivity index is 1.80. The molecule has 0 aliphatic rings. The maximum atomic E-state index is 13.1. The second-order valence-electron chi connectivity index (χ2n) is 6.58. The van der Waals surface area contributed by atoms with Gasteiger partial charge < -0.3 is 4.57 Å². The number of aryl methyl sites for hydroxylation is 1. The predicted molar refractivity (Wildman–Crippen MR) is 124 cm³/mol. The first kappa shape index (κ1) is 19.8. The van der Waals surface area contributed by atoms with Gasteiger partial charge in [0.1, 0.15) is 5.82 Å². The molecule has 0 bridgehead atoms. The minimum atomic E-state index is -0.169. The maximum Gasteiger partial charge on any atom is 0.282 e. The Labute approximate surface area is 185 Å². The Morgan fingerprint density at radius 1 is 1.07 bits per heavy atom. The lowest BCUT2D eigenvalue weighted by Crippen LogP contribution is -2.22. The van der Waals surface area contributed by atoms with E-state index in [2.05, 4.69) is 48.9 Å². The molecule has 0 N–H and O–H groups in total. The molecule has 146 valence electrons. The molecule has 0 saturated carbocycles. The van der Waals surface area contributed by atoms with E-state index in [9.17, 15) is 4.79 Å². The van der Waals surface area contributed by atoms with Gasteiger partial charge >= 0.3 is 0 Å². The third-order valence-corrected chi connectivity index (χ3v) is 5.56. The lowest BCUT2D eigenvalue weighted by molar-refractivity contribution is 0.703. The lowest BCUT2D eigenvalue weighted by Gasteiger charge is -2.09. The molecule has 0 atom stereocenters. The summed E-state index contributed by atoms with van der Waals surface area (Å²) in [5, 5.41) is 5.06. The van der Waals surface area contributed by atoms with Crippen LogP contribution in [0.15, 0.2) is 79.6 Å². The first-order valence-corrected chi connectivity index (χ1v) is 10.8. The summed E-state index contributed by atoms with van der Waals surface area (Å²) in [6, 6.07) is 17.5. The van der Waals surface area contributed by atoms with Gasteiger partial charge in [-0.15, -0.1) is 0 Å². The molecule has 2 heterocycles. The van der Waals surface area contributed by atoms with E-state index in [1.165, 1.54) is 4.68 Å². The van der Waals surface area contributed by atoms with E-state index in [0.717, 1.165) is 26.7 Å². The van der Waals surface area contributed by atoms with Gasteiger partial charge in [0.05, 0.1) is 22.8 Å². The summed E-state index contributed by atoms with van der Waals surface area (Å²) in [6.45, 7) is 2.06. The highest BCUT2D eigenvalue weighted by molar-refractivity contribution is 9.10. The zero-order chi connectivity index (χ0) is 20.4. The van der Waals surface area contributed by atoms with Crippen LogP contribution in [0.2, 0.25) is 0 Å². The van der Waals surface area contributed by atoms with Crippen LogP contribution < -0.4 is 5.56 Å². The Bertz CT molecular complexity index is 1260. The number of nitrogens with zero attached hydrogens (tertiary/aromatic N) is 4. The summed E-state index contributed by atoms with van der Waals surface area (Å²) in [5.74, 6) is 0.658. The van der Waals surface area contributed by atoms with Crippen LogP contribution in [0.1, 0.15) is 24.9 Å². The molecule has 5 nitrogen and oxygen atoms in total. The zero-order valence-electron chi connectivity index (χ0n) is 15.7. The fourth-order valence-electron chi connectivity index (χ4n) is 3.15. The van der Waals surface area contributed by atoms with Gasteiger partial charge in [-0.05, 0) is 61.0 Å². The van der Waals surface area contributed by atoms with Crippen LogP contribution in [-0.2, 0) is 6.42 Å². The highest BCUT2D eigenvalue weighted by Crippen LogP contribution is 2.18. The summed E-state index contributed by atoms with van der Waals surface area (Å²) in [6.07, 6.45) is 5.22. The Hall–Kier alpha value is -2.51. The number of rotatable bonds is 5. The third-order valence-electron chi connectivity index (χ3n) is 4.54. The van der Waals surface area contributed by atoms with Gasteiger partial charge in [-0.1, -0.05) is 38.8 Å². The lowest BCUT2D eigenvalue weighted by atomic mass is 10.2. The van der Waals surface area contributed by atoms with Crippen LogP contribution in [0, 0.1) is 0 Å². The monoisotopic (exact) mass is 512 g/mol. The van der Waals surface area contributed by atoms with Gasteiger partial charge in [-0.3, -0.25) is 4.79 Å². The molecule has 0 fully saturated rings. The van der Waals surface area contributed by atoms with Crippen LogP contribution in [0.25, 0.3) is 16.6 Å². The van der Waals surface area contributed by atoms with E-state index in [1.807, 2.05) is 59.3 Å². The first-order chi connectivity index (χ1) is 14.1. The van der Waals surface area contributed by atoms with Crippen molar-refractivity contribution < 1.29 is 0 Å². The Kier molecular flexibility index (Phi) is 5.78. The molecule has 0 unspecified atom stereocenters. The second kappa shape index (κ2) is 8.47. The van der Waals surface area contributed by atoms with Crippen LogP contribution in [0.3, 0.4) is 0 Å². The van der Waals surface area contributed by atoms with E-state index in [1.54, 1.807) is 12.3 Å². The van der Waals surface area contributed by atoms with Crippen LogP contribution in [0.4, 0.5) is 0 Å². The quantitative estimate of drug-likeness (QED) is 0.328. The summed E-state index contributed by atoms with van der Waals surface area (Å²) in [5.41, 5.74) is 2.40. The molecule has 0 spiro atoms. The van der Waals surface area contributed by atoms with Gasteiger partial charge in [0.2, 0.25) is 0 Å². The van der Waals surface area contributed by atoms with Crippen molar-refractivity contribution in [1.29, 1.82) is 0 Å². The number of halogens is 2. The molecule has 0 saturated heterocycles. The molecule has 0 aliphatic carbocycles. The number of hydrogen-bond donors (Lipinski definition) is 0. The fraction of sp³-hybridized carbons (Fsp3) is 0.136. The number of aromatic nitrogens is 3. The van der Waals surface area contributed by atoms with Crippen molar-refractivity contribution >= 4 is 49.0 Å². The standard InChI is InChI=1S/C22H18Br2N4O/c1-2-4-21-26-20-11-8-16(24)13-19(20)22(29)28(21)25-14-18-5-3-12-27(18)17-9-6-15(23)7-10-17/h3,5-14H,2,4H2,1H3. The van der Waals surface area contributed by atoms with Crippen LogP contribution in [-0.4, -0.2) is 20.4 Å². The van der Waals surface area contributed by atoms with Crippen LogP contribution in [0.5, 0.6) is 0 Å². The predicted octanol–water partition coefficient (Wildman–Crippen LogP) is 5.55. The van der Waals surface area contributed by atoms with Crippen molar-refractivity contribution in [2.45, 2.75) is 19.8 Å². The largest absolute Gasteiger partial charge is 0.316 e. The molecular weight excluding hydrogens is 496 g/mol. The summed E-state index contributed by atoms with van der Waals surface area (Å²) in [7, 11) is 0. The van der Waals surface area contributed by atoms with E-state index < -0.39 is 0 Å². The second-order valence-corrected chi connectivity index (χ2v) is 8.41. The maximum absolute atomic E-state index is 13.1. The molecule has 2 aromatic heterocycles. The summed E-state index contributed by atoms with van der Waals surface area (Å²) < 4.78 is 5.29. The van der Waals surface area contributed by atoms with Crippen molar-refractivity contribution in [3.63, 3.8) is 0 Å². The molecular formula is C22H18Br2N4O. The first-order valence-electron chi connectivity index (χ1n) is 9.25. The minimum absolute atomic E-state index is 0.169. The highest BCUT2D eigenvalue weighted by atomic mass is 79.9. The van der Waals surface area contributed by atoms with Crippen LogP contribution >= 0.6 is 31.9 Å². The van der Waals surface area contributed by atoms with Gasteiger partial charge in [0, 0.05) is 27.3 Å². The normalized spacial score (nSPS) is 11.6. The third kappa shape index (κ3) is 4.11. The average Bonchev–Trinajstić information content (AvgIpc) is 3.18. The molecule has 0 radical (unpaired) electrons. The van der Waals surface area contributed by atoms with E-state index >= 15 is 0 Å². The van der Waals surface area contributed by atoms with E-state index in [-0.39, 0.29) is 5.56 Å². The molecule has 7 heteroatoms. The van der Waals surface area contributed by atoms with Gasteiger partial charge in [-0.2, -0.15) is 9.78 Å². The van der Waals surface area contributed by atoms with Crippen molar-refractivity contribution in [2.24, 2.45) is 5.10 Å². The minimum Gasteiger partial charge on any atom is -0.316 e. The summed E-state index contributed by atoms with van der Waals surface area (Å²) in [4.78, 5) is 17.8. The molecule has 0 amide bonds. The van der Waals surface area contributed by atoms with E-state index in [4.69, 9.17) is 0 Å². The van der Waals surface area contributed by atoms with Gasteiger partial charge in [-0.25, -0.2) is 4.98 Å². The fourth-order valence-corrected chi connectivity index (χ4v) is 3.78. The summed E-state index contributed by atoms with van der Waals surface area (Å²) >= 11 is 6.89. The number of hydrogen-bond acceptors (Lipinski definition) is 3. The van der Waals surface area contributed by atoms with Gasteiger partial charge in [0.15, 0.2) is 0 Å². The molecule has 4 aromatic rings. The SMILES string of the molecule is CCCc1nc2ccc(Br)cc2c(=O)n1N=Cc1cccn1-c1ccc(Br)cc1. The Morgan fingerprint density at radius 3 is 2.59 bits per heavy atom. The highest BCUT2D eigenvalue weighted by Gasteiger charge is 2.11. The smallest absolute Gasteiger partial charge is 0.282 e. The zero-order valence-corrected chi connectivity index (χ0v) is 18.9. The number of fused-ring (bicyclic) bond motifs is 1. The van der Waals surface area contributed by atoms with E-state index in [0.29, 0.717) is 23.1 Å². The molecule has 0 aliphatic heterocycles. The molecule has 2 aromatic carbocycles. The topological polar surface area (TPSA) is 52.2 Å². The van der Waals surface area contributed by atoms with Crippen molar-refractivity contribution in [3.05, 3.63) is 91.6 Å². The number of benzene rings is 2. The molecule has 29 heavy (non-hydrogen) atoms. The Morgan fingerprint density at radius 2 is 1.83 bits per heavy atom. The average molecular weight is 514 g/mol. The van der Waals surface area contributed by atoms with Crippen molar-refractivity contribution in [2.75, 3.05) is 0 Å². The van der Waals surface area contributed by atoms with Gasteiger partial charge in [0.25, 0.3) is 5.56 Å². The molecule has 4 rings (SSSR count). The van der Waals surface area contributed by atoms with Crippen molar-refractivity contribution in [1.82, 2.24) is 14.2 Å². The van der Waals surface area contributed by atoms with Crippen molar-refractivity contribution in [3.8, 4) is 5.69 Å².